The highest BCUT2D eigenvalue weighted by atomic mass is 16.6. The molecule has 4 aliphatic carbocycles. The quantitative estimate of drug-likeness (QED) is 0.449. The first kappa shape index (κ1) is 26.2. The minimum atomic E-state index is -1.08. The molecular weight excluding hydrogens is 424 g/mol. The first-order valence-electron chi connectivity index (χ1n) is 14.1. The van der Waals surface area contributed by atoms with Crippen molar-refractivity contribution < 1.29 is 19.4 Å². The predicted octanol–water partition coefficient (Wildman–Crippen LogP) is 6.72. The molecule has 0 aliphatic heterocycles. The highest BCUT2D eigenvalue weighted by Gasteiger charge is 2.62. The smallest absolute Gasteiger partial charge is 0.306 e. The van der Waals surface area contributed by atoms with Gasteiger partial charge in [0.25, 0.3) is 0 Å². The minimum Gasteiger partial charge on any atom is -0.460 e. The number of aliphatic hydroxyl groups is 1. The van der Waals surface area contributed by atoms with Crippen LogP contribution in [0.1, 0.15) is 119 Å². The lowest BCUT2D eigenvalue weighted by atomic mass is 9.43. The number of ketones is 1. The van der Waals surface area contributed by atoms with E-state index in [9.17, 15) is 14.7 Å². The minimum absolute atomic E-state index is 0.0353. The maximum absolute atomic E-state index is 12.3. The van der Waals surface area contributed by atoms with E-state index in [1.54, 1.807) is 6.92 Å². The van der Waals surface area contributed by atoms with E-state index in [2.05, 4.69) is 20.8 Å². The summed E-state index contributed by atoms with van der Waals surface area (Å²) in [5, 5.41) is 11.0. The Balaban J connectivity index is 1.43. The number of carbonyl (C=O) groups is 2. The zero-order chi connectivity index (χ0) is 25.1. The maximum Gasteiger partial charge on any atom is 0.306 e. The van der Waals surface area contributed by atoms with Crippen molar-refractivity contribution in [2.75, 3.05) is 0 Å². The van der Waals surface area contributed by atoms with Gasteiger partial charge in [0, 0.05) is 6.42 Å². The molecule has 0 aromatic carbocycles. The zero-order valence-corrected chi connectivity index (χ0v) is 22.9. The predicted molar refractivity (Wildman–Crippen MR) is 135 cm³/mol. The van der Waals surface area contributed by atoms with E-state index in [1.807, 2.05) is 20.8 Å². The first-order valence-corrected chi connectivity index (χ1v) is 14.1. The molecule has 0 spiro atoms. The second-order valence-corrected chi connectivity index (χ2v) is 14.3. The number of fused-ring (bicyclic) bond motifs is 5. The molecule has 0 heterocycles. The summed E-state index contributed by atoms with van der Waals surface area (Å²) in [5.74, 6) is 3.93. The Morgan fingerprint density at radius 2 is 1.65 bits per heavy atom. The second-order valence-electron chi connectivity index (χ2n) is 14.3. The van der Waals surface area contributed by atoms with E-state index in [4.69, 9.17) is 4.74 Å². The summed E-state index contributed by atoms with van der Waals surface area (Å²) in [6, 6.07) is 0. The van der Waals surface area contributed by atoms with Gasteiger partial charge in [-0.2, -0.15) is 0 Å². The number of Topliss-reactive ketones (excluding diaryl/α,β-unsaturated/α-hetero) is 1. The molecule has 4 heteroatoms. The summed E-state index contributed by atoms with van der Waals surface area (Å²) in [7, 11) is 0. The molecule has 0 aromatic heterocycles. The molecule has 0 aromatic rings. The van der Waals surface area contributed by atoms with Crippen LogP contribution in [-0.2, 0) is 14.3 Å². The summed E-state index contributed by atoms with van der Waals surface area (Å²) < 4.78 is 5.57. The molecule has 4 nitrogen and oxygen atoms in total. The van der Waals surface area contributed by atoms with Crippen molar-refractivity contribution in [2.24, 2.45) is 46.3 Å². The Morgan fingerprint density at radius 1 is 0.971 bits per heavy atom. The standard InChI is InChI=1S/C30H50O4/c1-19(8-13-26(32)34-27(3,4)5)23-11-12-24-22-10-9-21-18-30(33,20(2)31)17-16-28(21,6)25(22)14-15-29(23,24)7/h19,21-25,33H,8-18H2,1-7H3/t19-,21-,22+,23-,24+,25+,28+,29-,30-/m1/s1. The lowest BCUT2D eigenvalue weighted by Crippen LogP contribution is -2.57. The largest absolute Gasteiger partial charge is 0.460 e. The van der Waals surface area contributed by atoms with Crippen molar-refractivity contribution in [1.82, 2.24) is 0 Å². The van der Waals surface area contributed by atoms with Crippen molar-refractivity contribution in [2.45, 2.75) is 130 Å². The van der Waals surface area contributed by atoms with Gasteiger partial charge in [0.1, 0.15) is 11.2 Å². The average molecular weight is 475 g/mol. The lowest BCUT2D eigenvalue weighted by molar-refractivity contribution is -0.165. The highest BCUT2D eigenvalue weighted by molar-refractivity contribution is 5.84. The molecule has 9 atom stereocenters. The number of hydrogen-bond donors (Lipinski definition) is 1. The Bertz CT molecular complexity index is 798. The molecule has 34 heavy (non-hydrogen) atoms. The molecule has 1 N–H and O–H groups in total. The van der Waals surface area contributed by atoms with Crippen LogP contribution in [0, 0.1) is 46.3 Å². The van der Waals surface area contributed by atoms with Crippen molar-refractivity contribution in [3.63, 3.8) is 0 Å². The van der Waals surface area contributed by atoms with Gasteiger partial charge in [0.15, 0.2) is 5.78 Å². The van der Waals surface area contributed by atoms with E-state index in [0.717, 1.165) is 30.6 Å². The van der Waals surface area contributed by atoms with Gasteiger partial charge in [0.05, 0.1) is 0 Å². The lowest BCUT2D eigenvalue weighted by Gasteiger charge is -2.62. The molecule has 0 unspecified atom stereocenters. The van der Waals surface area contributed by atoms with E-state index >= 15 is 0 Å². The van der Waals surface area contributed by atoms with E-state index in [0.29, 0.717) is 42.4 Å². The molecule has 194 valence electrons. The number of esters is 1. The van der Waals surface area contributed by atoms with Crippen LogP contribution >= 0.6 is 0 Å². The summed E-state index contributed by atoms with van der Waals surface area (Å²) in [4.78, 5) is 24.5. The first-order chi connectivity index (χ1) is 15.7. The normalized spacial score (nSPS) is 45.0. The van der Waals surface area contributed by atoms with Gasteiger partial charge in [0.2, 0.25) is 0 Å². The summed E-state index contributed by atoms with van der Waals surface area (Å²) in [5.41, 5.74) is -0.835. The van der Waals surface area contributed by atoms with Crippen LogP contribution in [-0.4, -0.2) is 28.1 Å². The monoisotopic (exact) mass is 474 g/mol. The fraction of sp³-hybridized carbons (Fsp3) is 0.933. The molecule has 0 radical (unpaired) electrons. The van der Waals surface area contributed by atoms with Crippen molar-refractivity contribution in [1.29, 1.82) is 0 Å². The van der Waals surface area contributed by atoms with Crippen LogP contribution in [0.15, 0.2) is 0 Å². The zero-order valence-electron chi connectivity index (χ0n) is 22.9. The molecule has 4 saturated carbocycles. The number of rotatable bonds is 5. The van der Waals surface area contributed by atoms with Crippen LogP contribution in [0.25, 0.3) is 0 Å². The Morgan fingerprint density at radius 3 is 2.29 bits per heavy atom. The molecular formula is C30H50O4. The van der Waals surface area contributed by atoms with Gasteiger partial charge >= 0.3 is 5.97 Å². The Hall–Kier alpha value is -0.900. The van der Waals surface area contributed by atoms with E-state index in [1.165, 1.54) is 38.5 Å². The fourth-order valence-electron chi connectivity index (χ4n) is 9.48. The van der Waals surface area contributed by atoms with Gasteiger partial charge in [-0.3, -0.25) is 9.59 Å². The number of ether oxygens (including phenoxy) is 1. The van der Waals surface area contributed by atoms with Crippen molar-refractivity contribution in [3.8, 4) is 0 Å². The van der Waals surface area contributed by atoms with Crippen molar-refractivity contribution >= 4 is 11.8 Å². The van der Waals surface area contributed by atoms with Crippen LogP contribution in [0.5, 0.6) is 0 Å². The third-order valence-corrected chi connectivity index (χ3v) is 11.4. The second kappa shape index (κ2) is 8.89. The Kier molecular flexibility index (Phi) is 6.84. The van der Waals surface area contributed by atoms with Gasteiger partial charge < -0.3 is 9.84 Å². The highest BCUT2D eigenvalue weighted by Crippen LogP contribution is 2.68. The van der Waals surface area contributed by atoms with Crippen LogP contribution in [0.2, 0.25) is 0 Å². The number of hydrogen-bond acceptors (Lipinski definition) is 4. The van der Waals surface area contributed by atoms with Gasteiger partial charge in [-0.25, -0.2) is 0 Å². The number of carbonyl (C=O) groups excluding carboxylic acids is 2. The third-order valence-electron chi connectivity index (χ3n) is 11.4. The van der Waals surface area contributed by atoms with Crippen molar-refractivity contribution in [3.05, 3.63) is 0 Å². The maximum atomic E-state index is 12.3. The van der Waals surface area contributed by atoms with E-state index < -0.39 is 11.2 Å². The average Bonchev–Trinajstić information content (AvgIpc) is 3.08. The van der Waals surface area contributed by atoms with Crippen LogP contribution in [0.3, 0.4) is 0 Å². The molecule has 0 saturated heterocycles. The fourth-order valence-corrected chi connectivity index (χ4v) is 9.48. The topological polar surface area (TPSA) is 63.6 Å². The molecule has 0 amide bonds. The third kappa shape index (κ3) is 4.50. The summed E-state index contributed by atoms with van der Waals surface area (Å²) in [6.07, 6.45) is 11.4. The van der Waals surface area contributed by atoms with Gasteiger partial charge in [-0.15, -0.1) is 0 Å². The van der Waals surface area contributed by atoms with Gasteiger partial charge in [-0.1, -0.05) is 20.8 Å². The molecule has 4 aliphatic rings. The molecule has 4 rings (SSSR count). The van der Waals surface area contributed by atoms with E-state index in [-0.39, 0.29) is 17.2 Å². The summed E-state index contributed by atoms with van der Waals surface area (Å²) >= 11 is 0. The summed E-state index contributed by atoms with van der Waals surface area (Å²) in [6.45, 7) is 14.8. The van der Waals surface area contributed by atoms with Crippen LogP contribution < -0.4 is 0 Å². The Labute approximate surface area is 208 Å². The molecule has 0 bridgehead atoms. The van der Waals surface area contributed by atoms with Crippen LogP contribution in [0.4, 0.5) is 0 Å². The SMILES string of the molecule is CC(=O)[C@@]1(O)CC[C@@]2(C)[C@H](CC[C@@H]3[C@@H]2CC[C@]2(C)[C@@H]([C@H](C)CCC(=O)OC(C)(C)C)CC[C@@H]32)C1. The van der Waals surface area contributed by atoms with Gasteiger partial charge in [-0.05, 0) is 138 Å². The molecule has 4 fully saturated rings.